The van der Waals surface area contributed by atoms with Gasteiger partial charge in [0.05, 0.1) is 25.7 Å². The van der Waals surface area contributed by atoms with E-state index in [9.17, 15) is 9.59 Å². The molecule has 6 heteroatoms. The van der Waals surface area contributed by atoms with E-state index >= 15 is 0 Å². The highest BCUT2D eigenvalue weighted by molar-refractivity contribution is 5.78. The molecule has 0 aliphatic carbocycles. The van der Waals surface area contributed by atoms with Crippen molar-refractivity contribution in [1.29, 1.82) is 0 Å². The molecule has 2 heterocycles. The molecular weight excluding hydrogens is 260 g/mol. The van der Waals surface area contributed by atoms with Crippen LogP contribution >= 0.6 is 0 Å². The Morgan fingerprint density at radius 3 is 2.60 bits per heavy atom. The molecule has 0 spiro atoms. The van der Waals surface area contributed by atoms with Gasteiger partial charge in [0.15, 0.2) is 0 Å². The van der Waals surface area contributed by atoms with Crippen molar-refractivity contribution in [1.82, 2.24) is 9.80 Å². The van der Waals surface area contributed by atoms with Crippen LogP contribution in [0.3, 0.4) is 0 Å². The van der Waals surface area contributed by atoms with Gasteiger partial charge in [-0.3, -0.25) is 14.5 Å². The smallest absolute Gasteiger partial charge is 0.306 e. The largest absolute Gasteiger partial charge is 0.481 e. The lowest BCUT2D eigenvalue weighted by atomic mass is 9.99. The summed E-state index contributed by atoms with van der Waals surface area (Å²) in [5.74, 6) is 0.0171. The fourth-order valence-electron chi connectivity index (χ4n) is 2.79. The molecule has 1 N–H and O–H groups in total. The molecule has 6 nitrogen and oxygen atoms in total. The summed E-state index contributed by atoms with van der Waals surface area (Å²) in [6, 6.07) is 0. The van der Waals surface area contributed by atoms with Crippen molar-refractivity contribution in [3.05, 3.63) is 0 Å². The van der Waals surface area contributed by atoms with E-state index in [1.807, 2.05) is 9.80 Å². The van der Waals surface area contributed by atoms with Gasteiger partial charge in [-0.2, -0.15) is 0 Å². The Balaban J connectivity index is 1.77. The maximum Gasteiger partial charge on any atom is 0.306 e. The molecule has 1 atom stereocenters. The molecule has 2 aliphatic rings. The number of rotatable bonds is 4. The van der Waals surface area contributed by atoms with E-state index in [1.54, 1.807) is 0 Å². The van der Waals surface area contributed by atoms with Gasteiger partial charge in [0.25, 0.3) is 0 Å². The zero-order chi connectivity index (χ0) is 14.5. The van der Waals surface area contributed by atoms with Crippen molar-refractivity contribution in [3.8, 4) is 0 Å². The first kappa shape index (κ1) is 15.3. The summed E-state index contributed by atoms with van der Waals surface area (Å²) >= 11 is 0. The summed E-state index contributed by atoms with van der Waals surface area (Å²) < 4.78 is 5.41. The van der Waals surface area contributed by atoms with Crippen LogP contribution in [0.2, 0.25) is 0 Å². The van der Waals surface area contributed by atoms with Crippen molar-refractivity contribution >= 4 is 11.9 Å². The minimum atomic E-state index is -0.854. The Labute approximate surface area is 119 Å². The number of carboxylic acids is 1. The molecule has 1 unspecified atom stereocenters. The number of hydrogen-bond acceptors (Lipinski definition) is 4. The Kier molecular flexibility index (Phi) is 5.37. The molecule has 20 heavy (non-hydrogen) atoms. The quantitative estimate of drug-likeness (QED) is 0.810. The van der Waals surface area contributed by atoms with E-state index in [-0.39, 0.29) is 18.4 Å². The highest BCUT2D eigenvalue weighted by atomic mass is 16.5. The number of hydrogen-bond donors (Lipinski definition) is 1. The van der Waals surface area contributed by atoms with Crippen molar-refractivity contribution in [3.63, 3.8) is 0 Å². The Morgan fingerprint density at radius 2 is 1.95 bits per heavy atom. The maximum absolute atomic E-state index is 12.2. The lowest BCUT2D eigenvalue weighted by Crippen LogP contribution is -2.49. The summed E-state index contributed by atoms with van der Waals surface area (Å²) in [5, 5.41) is 8.79. The second-order valence-electron chi connectivity index (χ2n) is 5.89. The van der Waals surface area contributed by atoms with Crippen LogP contribution in [0.15, 0.2) is 0 Å². The molecule has 0 bridgehead atoms. The minimum Gasteiger partial charge on any atom is -0.481 e. The van der Waals surface area contributed by atoms with Gasteiger partial charge in [0.1, 0.15) is 0 Å². The number of carbonyl (C=O) groups is 2. The predicted octanol–water partition coefficient (Wildman–Crippen LogP) is 0.420. The van der Waals surface area contributed by atoms with Crippen molar-refractivity contribution in [2.45, 2.75) is 32.3 Å². The normalized spacial score (nSPS) is 25.6. The topological polar surface area (TPSA) is 70.1 Å². The highest BCUT2D eigenvalue weighted by Crippen LogP contribution is 2.16. The molecule has 0 radical (unpaired) electrons. The first-order valence-corrected chi connectivity index (χ1v) is 7.38. The van der Waals surface area contributed by atoms with Gasteiger partial charge in [-0.25, -0.2) is 0 Å². The Hall–Kier alpha value is -1.14. The molecule has 0 aromatic rings. The number of nitrogens with zero attached hydrogens (tertiary/aromatic N) is 2. The van der Waals surface area contributed by atoms with Crippen LogP contribution in [-0.4, -0.2) is 72.2 Å². The van der Waals surface area contributed by atoms with Crippen LogP contribution in [0.5, 0.6) is 0 Å². The first-order valence-electron chi connectivity index (χ1n) is 7.38. The third-order valence-electron chi connectivity index (χ3n) is 4.12. The summed E-state index contributed by atoms with van der Waals surface area (Å²) in [6.07, 6.45) is 1.87. The fourth-order valence-corrected chi connectivity index (χ4v) is 2.79. The van der Waals surface area contributed by atoms with E-state index < -0.39 is 5.97 Å². The average molecular weight is 284 g/mol. The number of piperidine rings is 1. The number of ether oxygens (including phenoxy) is 1. The van der Waals surface area contributed by atoms with Gasteiger partial charge in [-0.15, -0.1) is 0 Å². The first-order chi connectivity index (χ1) is 9.54. The average Bonchev–Trinajstić information content (AvgIpc) is 2.39. The predicted molar refractivity (Wildman–Crippen MR) is 73.4 cm³/mol. The summed E-state index contributed by atoms with van der Waals surface area (Å²) in [7, 11) is 0. The molecule has 0 aromatic carbocycles. The number of likely N-dealkylation sites (tertiary alicyclic amines) is 1. The van der Waals surface area contributed by atoms with Gasteiger partial charge in [0.2, 0.25) is 5.91 Å². The number of aliphatic carboxylic acids is 1. The van der Waals surface area contributed by atoms with Gasteiger partial charge in [-0.05, 0) is 18.8 Å². The second kappa shape index (κ2) is 7.04. The maximum atomic E-state index is 12.2. The lowest BCUT2D eigenvalue weighted by molar-refractivity contribution is -0.143. The van der Waals surface area contributed by atoms with Crippen LogP contribution in [0, 0.1) is 5.92 Å². The van der Waals surface area contributed by atoms with Crippen LogP contribution in [0.4, 0.5) is 0 Å². The van der Waals surface area contributed by atoms with Crippen molar-refractivity contribution < 1.29 is 19.4 Å². The molecule has 2 aliphatic heterocycles. The van der Waals surface area contributed by atoms with Crippen molar-refractivity contribution in [2.75, 3.05) is 39.3 Å². The highest BCUT2D eigenvalue weighted by Gasteiger charge is 2.26. The Bertz CT molecular complexity index is 353. The molecule has 2 fully saturated rings. The van der Waals surface area contributed by atoms with Crippen molar-refractivity contribution in [2.24, 2.45) is 5.92 Å². The number of amides is 1. The van der Waals surface area contributed by atoms with Crippen LogP contribution in [0.25, 0.3) is 0 Å². The van der Waals surface area contributed by atoms with E-state index in [2.05, 4.69) is 6.92 Å². The van der Waals surface area contributed by atoms with Gasteiger partial charge in [-0.1, -0.05) is 6.92 Å². The molecule has 0 saturated carbocycles. The fraction of sp³-hybridized carbons (Fsp3) is 0.857. The third-order valence-corrected chi connectivity index (χ3v) is 4.12. The molecule has 1 amide bonds. The molecule has 2 saturated heterocycles. The second-order valence-corrected chi connectivity index (χ2v) is 5.89. The monoisotopic (exact) mass is 284 g/mol. The van der Waals surface area contributed by atoms with E-state index in [0.29, 0.717) is 32.2 Å². The van der Waals surface area contributed by atoms with Gasteiger partial charge >= 0.3 is 5.97 Å². The minimum absolute atomic E-state index is 0.00587. The van der Waals surface area contributed by atoms with Crippen LogP contribution < -0.4 is 0 Å². The van der Waals surface area contributed by atoms with E-state index in [0.717, 1.165) is 25.9 Å². The summed E-state index contributed by atoms with van der Waals surface area (Å²) in [6.45, 7) is 6.04. The standard InChI is InChI=1S/C14H24N2O4/c1-11-2-4-16(5-3-11)13(17)10-15-6-7-20-12(9-15)8-14(18)19/h11-12H,2-10H2,1H3,(H,18,19). The molecule has 2 rings (SSSR count). The number of carboxylic acid groups (broad SMARTS) is 1. The van der Waals surface area contributed by atoms with Gasteiger partial charge in [0, 0.05) is 26.2 Å². The molecular formula is C14H24N2O4. The van der Waals surface area contributed by atoms with Crippen LogP contribution in [0.1, 0.15) is 26.2 Å². The summed E-state index contributed by atoms with van der Waals surface area (Å²) in [4.78, 5) is 26.9. The third kappa shape index (κ3) is 4.45. The summed E-state index contributed by atoms with van der Waals surface area (Å²) in [5.41, 5.74) is 0. The SMILES string of the molecule is CC1CCN(C(=O)CN2CCOC(CC(=O)O)C2)CC1. The zero-order valence-electron chi connectivity index (χ0n) is 12.1. The molecule has 0 aromatic heterocycles. The van der Waals surface area contributed by atoms with E-state index in [1.165, 1.54) is 0 Å². The lowest BCUT2D eigenvalue weighted by Gasteiger charge is -2.35. The zero-order valence-corrected chi connectivity index (χ0v) is 12.1. The molecule has 114 valence electrons. The van der Waals surface area contributed by atoms with E-state index in [4.69, 9.17) is 9.84 Å². The number of carbonyl (C=O) groups excluding carboxylic acids is 1. The Morgan fingerprint density at radius 1 is 1.25 bits per heavy atom. The number of morpholine rings is 1. The van der Waals surface area contributed by atoms with Crippen LogP contribution in [-0.2, 0) is 14.3 Å². The van der Waals surface area contributed by atoms with Gasteiger partial charge < -0.3 is 14.7 Å².